The molecule has 1 aliphatic heterocycles. The molecule has 1 aliphatic rings. The first-order chi connectivity index (χ1) is 17.5. The van der Waals surface area contributed by atoms with E-state index >= 15 is 0 Å². The second-order valence-corrected chi connectivity index (χ2v) is 11.4. The summed E-state index contributed by atoms with van der Waals surface area (Å²) in [5.74, 6) is 0.843. The minimum absolute atomic E-state index is 0.0101. The van der Waals surface area contributed by atoms with Gasteiger partial charge in [-0.2, -0.15) is 4.31 Å². The van der Waals surface area contributed by atoms with Crippen LogP contribution in [-0.4, -0.2) is 43.9 Å². The van der Waals surface area contributed by atoms with Crippen LogP contribution in [0.1, 0.15) is 24.0 Å². The van der Waals surface area contributed by atoms with Crippen LogP contribution in [0.2, 0.25) is 0 Å². The zero-order chi connectivity index (χ0) is 25.0. The van der Waals surface area contributed by atoms with Gasteiger partial charge in [0.05, 0.1) is 4.90 Å². The van der Waals surface area contributed by atoms with Crippen molar-refractivity contribution < 1.29 is 13.2 Å². The number of hydrogen-bond acceptors (Lipinski definition) is 4. The van der Waals surface area contributed by atoms with Crippen molar-refractivity contribution in [3.8, 4) is 5.75 Å². The van der Waals surface area contributed by atoms with Crippen LogP contribution in [0.25, 0.3) is 10.8 Å². The lowest BCUT2D eigenvalue weighted by Gasteiger charge is -2.31. The Hall–Kier alpha value is -3.19. The Morgan fingerprint density at radius 1 is 0.833 bits per heavy atom. The first kappa shape index (κ1) is 24.5. The molecule has 1 saturated heterocycles. The van der Waals surface area contributed by atoms with E-state index in [2.05, 4.69) is 66.5 Å². The Morgan fingerprint density at radius 3 is 2.33 bits per heavy atom. The van der Waals surface area contributed by atoms with Gasteiger partial charge in [-0.15, -0.1) is 0 Å². The second kappa shape index (κ2) is 10.8. The molecular weight excluding hydrogens is 468 g/mol. The summed E-state index contributed by atoms with van der Waals surface area (Å²) in [6.45, 7) is 2.61. The molecule has 5 nitrogen and oxygen atoms in total. The highest BCUT2D eigenvalue weighted by atomic mass is 32.2. The molecule has 4 aromatic rings. The number of fused-ring (bicyclic) bond motifs is 1. The summed E-state index contributed by atoms with van der Waals surface area (Å²) in [6.07, 6.45) is 1.37. The summed E-state index contributed by atoms with van der Waals surface area (Å²) in [5, 5.41) is 2.56. The summed E-state index contributed by atoms with van der Waals surface area (Å²) < 4.78 is 33.6. The van der Waals surface area contributed by atoms with E-state index in [1.807, 2.05) is 18.2 Å². The van der Waals surface area contributed by atoms with Gasteiger partial charge in [-0.05, 0) is 66.1 Å². The van der Waals surface area contributed by atoms with Crippen molar-refractivity contribution in [3.05, 3.63) is 108 Å². The number of hydrogen-bond donors (Lipinski definition) is 0. The van der Waals surface area contributed by atoms with Gasteiger partial charge in [-0.3, -0.25) is 4.90 Å². The van der Waals surface area contributed by atoms with Crippen molar-refractivity contribution in [2.24, 2.45) is 0 Å². The fraction of sp³-hybridized carbons (Fsp3) is 0.267. The van der Waals surface area contributed by atoms with Gasteiger partial charge in [0, 0.05) is 26.2 Å². The van der Waals surface area contributed by atoms with E-state index in [1.54, 1.807) is 28.6 Å². The van der Waals surface area contributed by atoms with Gasteiger partial charge in [0.2, 0.25) is 10.0 Å². The molecule has 0 amide bonds. The van der Waals surface area contributed by atoms with Gasteiger partial charge in [0.25, 0.3) is 0 Å². The summed E-state index contributed by atoms with van der Waals surface area (Å²) in [7, 11) is -1.31. The number of sulfonamides is 1. The maximum Gasteiger partial charge on any atom is 0.243 e. The van der Waals surface area contributed by atoms with Crippen LogP contribution in [0.5, 0.6) is 5.75 Å². The summed E-state index contributed by atoms with van der Waals surface area (Å²) in [4.78, 5) is 2.66. The predicted octanol–water partition coefficient (Wildman–Crippen LogP) is 5.70. The van der Waals surface area contributed by atoms with Crippen molar-refractivity contribution in [2.75, 3.05) is 20.1 Å². The summed E-state index contributed by atoms with van der Waals surface area (Å²) >= 11 is 0. The maximum atomic E-state index is 12.9. The highest BCUT2D eigenvalue weighted by Crippen LogP contribution is 2.25. The minimum atomic E-state index is -3.45. The average Bonchev–Trinajstić information content (AvgIpc) is 2.90. The van der Waals surface area contributed by atoms with Crippen LogP contribution in [0.4, 0.5) is 0 Å². The number of benzene rings is 4. The Balaban J connectivity index is 1.17. The van der Waals surface area contributed by atoms with Crippen molar-refractivity contribution in [1.29, 1.82) is 0 Å². The molecule has 0 N–H and O–H groups in total. The second-order valence-electron chi connectivity index (χ2n) is 9.49. The zero-order valence-electron chi connectivity index (χ0n) is 20.6. The third-order valence-corrected chi connectivity index (χ3v) is 8.67. The minimum Gasteiger partial charge on any atom is -0.490 e. The van der Waals surface area contributed by atoms with Crippen LogP contribution in [-0.2, 0) is 23.1 Å². The quantitative estimate of drug-likeness (QED) is 0.311. The van der Waals surface area contributed by atoms with Crippen LogP contribution in [0.15, 0.2) is 102 Å². The van der Waals surface area contributed by atoms with Gasteiger partial charge in [0.15, 0.2) is 0 Å². The highest BCUT2D eigenvalue weighted by Gasteiger charge is 2.30. The monoisotopic (exact) mass is 500 g/mol. The molecule has 0 saturated carbocycles. The molecule has 0 atom stereocenters. The molecule has 0 aromatic heterocycles. The van der Waals surface area contributed by atoms with Crippen molar-refractivity contribution in [2.45, 2.75) is 36.9 Å². The molecule has 0 radical (unpaired) electrons. The first-order valence-electron chi connectivity index (χ1n) is 12.4. The molecule has 0 unspecified atom stereocenters. The maximum absolute atomic E-state index is 12.9. The molecule has 0 spiro atoms. The van der Waals surface area contributed by atoms with E-state index in [1.165, 1.54) is 21.9 Å². The largest absolute Gasteiger partial charge is 0.490 e. The fourth-order valence-electron chi connectivity index (χ4n) is 4.93. The lowest BCUT2D eigenvalue weighted by Crippen LogP contribution is -2.41. The Bertz CT molecular complexity index is 1410. The van der Waals surface area contributed by atoms with Crippen molar-refractivity contribution in [3.63, 3.8) is 0 Å². The first-order valence-corrected chi connectivity index (χ1v) is 13.9. The zero-order valence-corrected chi connectivity index (χ0v) is 21.4. The lowest BCUT2D eigenvalue weighted by atomic mass is 10.0. The Kier molecular flexibility index (Phi) is 7.37. The van der Waals surface area contributed by atoms with Gasteiger partial charge < -0.3 is 4.74 Å². The van der Waals surface area contributed by atoms with Crippen molar-refractivity contribution in [1.82, 2.24) is 9.21 Å². The third kappa shape index (κ3) is 5.62. The molecule has 1 fully saturated rings. The smallest absolute Gasteiger partial charge is 0.243 e. The Labute approximate surface area is 214 Å². The molecule has 6 heteroatoms. The van der Waals surface area contributed by atoms with E-state index in [0.717, 1.165) is 18.8 Å². The van der Waals surface area contributed by atoms with Gasteiger partial charge in [-0.25, -0.2) is 8.42 Å². The predicted molar refractivity (Wildman–Crippen MR) is 144 cm³/mol. The van der Waals surface area contributed by atoms with E-state index < -0.39 is 10.0 Å². The average molecular weight is 501 g/mol. The lowest BCUT2D eigenvalue weighted by molar-refractivity contribution is 0.135. The summed E-state index contributed by atoms with van der Waals surface area (Å²) in [6, 6.07) is 31.9. The van der Waals surface area contributed by atoms with Crippen LogP contribution in [0.3, 0.4) is 0 Å². The normalized spacial score (nSPS) is 15.4. The number of piperidine rings is 1. The standard InChI is InChI=1S/C30H32N2O3S/c1-31(23-26-12-8-11-25-10-5-6-16-30(25)26)22-24-9-7-13-28(21-24)35-27-17-19-32(20-18-27)36(33,34)29-14-3-2-4-15-29/h2-16,21,27H,17-20,22-23H2,1H3. The van der Waals surface area contributed by atoms with E-state index in [9.17, 15) is 8.42 Å². The van der Waals surface area contributed by atoms with Crippen LogP contribution >= 0.6 is 0 Å². The number of nitrogens with zero attached hydrogens (tertiary/aromatic N) is 2. The van der Waals surface area contributed by atoms with E-state index in [0.29, 0.717) is 30.8 Å². The highest BCUT2D eigenvalue weighted by molar-refractivity contribution is 7.89. The molecule has 4 aromatic carbocycles. The third-order valence-electron chi connectivity index (χ3n) is 6.76. The number of ether oxygens (including phenoxy) is 1. The SMILES string of the molecule is CN(Cc1cccc(OC2CCN(S(=O)(=O)c3ccccc3)CC2)c1)Cc1cccc2ccccc12. The molecule has 0 aliphatic carbocycles. The van der Waals surface area contributed by atoms with Crippen LogP contribution in [0, 0.1) is 0 Å². The molecule has 0 bridgehead atoms. The topological polar surface area (TPSA) is 49.9 Å². The van der Waals surface area contributed by atoms with Crippen LogP contribution < -0.4 is 4.74 Å². The van der Waals surface area contributed by atoms with Crippen molar-refractivity contribution >= 4 is 20.8 Å². The number of rotatable bonds is 8. The fourth-order valence-corrected chi connectivity index (χ4v) is 6.42. The van der Waals surface area contributed by atoms with Gasteiger partial charge in [0.1, 0.15) is 11.9 Å². The molecule has 186 valence electrons. The molecule has 1 heterocycles. The van der Waals surface area contributed by atoms with E-state index in [-0.39, 0.29) is 6.10 Å². The molecule has 5 rings (SSSR count). The van der Waals surface area contributed by atoms with E-state index in [4.69, 9.17) is 4.74 Å². The summed E-state index contributed by atoms with van der Waals surface area (Å²) in [5.41, 5.74) is 2.51. The van der Waals surface area contributed by atoms with Gasteiger partial charge >= 0.3 is 0 Å². The Morgan fingerprint density at radius 2 is 1.53 bits per heavy atom. The molecular formula is C30H32N2O3S. The van der Waals surface area contributed by atoms with Gasteiger partial charge in [-0.1, -0.05) is 72.8 Å². The molecule has 36 heavy (non-hydrogen) atoms.